The summed E-state index contributed by atoms with van der Waals surface area (Å²) in [4.78, 5) is 10.8. The minimum Gasteiger partial charge on any atom is -0.217 e. The molecule has 3 rings (SSSR count). The Balaban J connectivity index is 2.21. The summed E-state index contributed by atoms with van der Waals surface area (Å²) in [5.74, 6) is 0.297. The van der Waals surface area contributed by atoms with Gasteiger partial charge in [0.05, 0.1) is 0 Å². The van der Waals surface area contributed by atoms with Gasteiger partial charge in [0.15, 0.2) is 5.82 Å². The Bertz CT molecular complexity index is 782. The molecule has 0 aliphatic rings. The number of benzene rings is 1. The lowest BCUT2D eigenvalue weighted by molar-refractivity contribution is 0.618. The van der Waals surface area contributed by atoms with Crippen molar-refractivity contribution in [3.05, 3.63) is 45.7 Å². The van der Waals surface area contributed by atoms with E-state index in [9.17, 15) is 4.39 Å². The molecule has 0 saturated heterocycles. The van der Waals surface area contributed by atoms with E-state index in [0.29, 0.717) is 16.5 Å². The van der Waals surface area contributed by atoms with Crippen LogP contribution in [-0.2, 0) is 0 Å². The fourth-order valence-corrected chi connectivity index (χ4v) is 3.08. The van der Waals surface area contributed by atoms with Gasteiger partial charge in [-0.1, -0.05) is 11.6 Å². The number of aromatic nitrogens is 2. The lowest BCUT2D eigenvalue weighted by atomic mass is 10.1. The van der Waals surface area contributed by atoms with Crippen LogP contribution in [-0.4, -0.2) is 9.97 Å². The van der Waals surface area contributed by atoms with Gasteiger partial charge in [-0.2, -0.15) is 0 Å². The highest BCUT2D eigenvalue weighted by molar-refractivity contribution is 7.18. The molecule has 0 N–H and O–H groups in total. The summed E-state index contributed by atoms with van der Waals surface area (Å²) in [6, 6.07) is 6.79. The van der Waals surface area contributed by atoms with E-state index in [4.69, 9.17) is 11.6 Å². The van der Waals surface area contributed by atoms with Gasteiger partial charge in [-0.05, 0) is 43.7 Å². The maximum absolute atomic E-state index is 13.3. The maximum atomic E-state index is 13.3. The molecule has 0 spiro atoms. The molecular weight excluding hydrogens is 283 g/mol. The fraction of sp³-hybridized carbons (Fsp3) is 0.143. The van der Waals surface area contributed by atoms with Crippen molar-refractivity contribution in [2.45, 2.75) is 13.8 Å². The molecule has 3 aromatic rings. The summed E-state index contributed by atoms with van der Waals surface area (Å²) in [6.45, 7) is 3.72. The van der Waals surface area contributed by atoms with Crippen LogP contribution in [0.5, 0.6) is 0 Å². The molecule has 2 nitrogen and oxygen atoms in total. The van der Waals surface area contributed by atoms with Crippen LogP contribution in [0.15, 0.2) is 24.3 Å². The predicted molar refractivity (Wildman–Crippen MR) is 77.3 cm³/mol. The third-order valence-corrected chi connectivity index (χ3v) is 4.12. The molecule has 5 heteroatoms. The zero-order valence-corrected chi connectivity index (χ0v) is 11.9. The van der Waals surface area contributed by atoms with E-state index in [1.54, 1.807) is 30.4 Å². The highest BCUT2D eigenvalue weighted by atomic mass is 35.5. The number of halogens is 2. The van der Waals surface area contributed by atoms with Crippen LogP contribution in [0.4, 0.5) is 4.39 Å². The number of hydrogen-bond acceptors (Lipinski definition) is 3. The monoisotopic (exact) mass is 292 g/mol. The molecule has 0 atom stereocenters. The van der Waals surface area contributed by atoms with Gasteiger partial charge >= 0.3 is 0 Å². The van der Waals surface area contributed by atoms with Crippen LogP contribution in [0.2, 0.25) is 5.15 Å². The first-order valence-corrected chi connectivity index (χ1v) is 6.94. The SMILES string of the molecule is Cc1cc2c(Cl)nc(-c3ccc(F)c(C)c3)nc2s1. The lowest BCUT2D eigenvalue weighted by Gasteiger charge is -2.03. The van der Waals surface area contributed by atoms with Crippen molar-refractivity contribution in [1.29, 1.82) is 0 Å². The normalized spacial score (nSPS) is 11.2. The van der Waals surface area contributed by atoms with Gasteiger partial charge in [0.25, 0.3) is 0 Å². The molecule has 0 saturated carbocycles. The van der Waals surface area contributed by atoms with Crippen LogP contribution >= 0.6 is 22.9 Å². The largest absolute Gasteiger partial charge is 0.217 e. The summed E-state index contributed by atoms with van der Waals surface area (Å²) in [7, 11) is 0. The van der Waals surface area contributed by atoms with Crippen molar-refractivity contribution in [2.75, 3.05) is 0 Å². The molecule has 0 aliphatic carbocycles. The first kappa shape index (κ1) is 12.5. The molecule has 0 fully saturated rings. The van der Waals surface area contributed by atoms with Gasteiger partial charge < -0.3 is 0 Å². The maximum Gasteiger partial charge on any atom is 0.162 e. The number of fused-ring (bicyclic) bond motifs is 1. The minimum absolute atomic E-state index is 0.233. The van der Waals surface area contributed by atoms with Gasteiger partial charge in [0.1, 0.15) is 15.8 Å². The Morgan fingerprint density at radius 1 is 1.16 bits per heavy atom. The molecule has 0 aliphatic heterocycles. The van der Waals surface area contributed by atoms with Crippen molar-refractivity contribution >= 4 is 33.2 Å². The van der Waals surface area contributed by atoms with Gasteiger partial charge in [0.2, 0.25) is 0 Å². The highest BCUT2D eigenvalue weighted by Gasteiger charge is 2.11. The predicted octanol–water partition coefficient (Wildman–Crippen LogP) is 4.77. The summed E-state index contributed by atoms with van der Waals surface area (Å²) in [5.41, 5.74) is 1.34. The van der Waals surface area contributed by atoms with Crippen LogP contribution in [0.1, 0.15) is 10.4 Å². The zero-order valence-electron chi connectivity index (χ0n) is 10.4. The van der Waals surface area contributed by atoms with Gasteiger partial charge in [0, 0.05) is 15.8 Å². The van der Waals surface area contributed by atoms with Crippen LogP contribution < -0.4 is 0 Å². The zero-order chi connectivity index (χ0) is 13.6. The van der Waals surface area contributed by atoms with Crippen molar-refractivity contribution in [3.63, 3.8) is 0 Å². The molecule has 2 heterocycles. The Kier molecular flexibility index (Phi) is 2.99. The van der Waals surface area contributed by atoms with Crippen molar-refractivity contribution in [3.8, 4) is 11.4 Å². The molecule has 0 bridgehead atoms. The van der Waals surface area contributed by atoms with Gasteiger partial charge in [-0.25, -0.2) is 14.4 Å². The van der Waals surface area contributed by atoms with Crippen molar-refractivity contribution in [2.24, 2.45) is 0 Å². The van der Waals surface area contributed by atoms with E-state index < -0.39 is 0 Å². The molecular formula is C14H10ClFN2S. The average molecular weight is 293 g/mol. The van der Waals surface area contributed by atoms with E-state index in [1.807, 2.05) is 13.0 Å². The van der Waals surface area contributed by atoms with Crippen LogP contribution in [0.3, 0.4) is 0 Å². The molecule has 0 amide bonds. The number of hydrogen-bond donors (Lipinski definition) is 0. The van der Waals surface area contributed by atoms with Gasteiger partial charge in [-0.3, -0.25) is 0 Å². The molecule has 19 heavy (non-hydrogen) atoms. The number of nitrogens with zero attached hydrogens (tertiary/aromatic N) is 2. The lowest BCUT2D eigenvalue weighted by Crippen LogP contribution is -1.91. The second-order valence-corrected chi connectivity index (χ2v) is 5.97. The molecule has 1 aromatic carbocycles. The molecule has 96 valence electrons. The quantitative estimate of drug-likeness (QED) is 0.604. The summed E-state index contributed by atoms with van der Waals surface area (Å²) in [6.07, 6.45) is 0. The summed E-state index contributed by atoms with van der Waals surface area (Å²) >= 11 is 7.75. The average Bonchev–Trinajstić information content (AvgIpc) is 2.74. The number of rotatable bonds is 1. The second-order valence-electron chi connectivity index (χ2n) is 4.38. The Morgan fingerprint density at radius 2 is 1.95 bits per heavy atom. The van der Waals surface area contributed by atoms with Crippen molar-refractivity contribution in [1.82, 2.24) is 9.97 Å². The third-order valence-electron chi connectivity index (χ3n) is 2.89. The smallest absolute Gasteiger partial charge is 0.162 e. The number of thiophene rings is 1. The molecule has 0 unspecified atom stereocenters. The van der Waals surface area contributed by atoms with Crippen LogP contribution in [0.25, 0.3) is 21.6 Å². The van der Waals surface area contributed by atoms with Gasteiger partial charge in [-0.15, -0.1) is 11.3 Å². The number of aryl methyl sites for hydroxylation is 2. The molecule has 2 aromatic heterocycles. The molecule has 0 radical (unpaired) electrons. The Labute approximate surface area is 118 Å². The first-order valence-electron chi connectivity index (χ1n) is 5.75. The van der Waals surface area contributed by atoms with Crippen LogP contribution in [0, 0.1) is 19.7 Å². The fourth-order valence-electron chi connectivity index (χ4n) is 1.92. The summed E-state index contributed by atoms with van der Waals surface area (Å²) in [5, 5.41) is 1.30. The standard InChI is InChI=1S/C14H10ClFN2S/c1-7-5-9(3-4-11(7)16)13-17-12(15)10-6-8(2)19-14(10)18-13/h3-6H,1-2H3. The van der Waals surface area contributed by atoms with E-state index in [0.717, 1.165) is 20.7 Å². The topological polar surface area (TPSA) is 25.8 Å². The minimum atomic E-state index is -0.233. The van der Waals surface area contributed by atoms with E-state index in [2.05, 4.69) is 9.97 Å². The Morgan fingerprint density at radius 3 is 2.68 bits per heavy atom. The van der Waals surface area contributed by atoms with E-state index >= 15 is 0 Å². The van der Waals surface area contributed by atoms with Crippen molar-refractivity contribution < 1.29 is 4.39 Å². The Hall–Kier alpha value is -1.52. The highest BCUT2D eigenvalue weighted by Crippen LogP contribution is 2.30. The summed E-state index contributed by atoms with van der Waals surface area (Å²) < 4.78 is 13.3. The van der Waals surface area contributed by atoms with E-state index in [-0.39, 0.29) is 5.82 Å². The third kappa shape index (κ3) is 2.22. The first-order chi connectivity index (χ1) is 9.04. The second kappa shape index (κ2) is 4.54. The van der Waals surface area contributed by atoms with E-state index in [1.165, 1.54) is 6.07 Å².